The highest BCUT2D eigenvalue weighted by atomic mass is 32.2. The molecule has 1 N–H and O–H groups in total. The number of alkyl halides is 3. The van der Waals surface area contributed by atoms with Crippen LogP contribution in [0.5, 0.6) is 0 Å². The zero-order valence-corrected chi connectivity index (χ0v) is 17.2. The number of benzene rings is 2. The monoisotopic (exact) mass is 451 g/mol. The number of pyridine rings is 1. The maximum Gasteiger partial charge on any atom is 0.416 e. The number of halogens is 3. The van der Waals surface area contributed by atoms with Crippen molar-refractivity contribution >= 4 is 26.6 Å². The van der Waals surface area contributed by atoms with Crippen LogP contribution in [0.4, 0.5) is 18.9 Å². The molecule has 1 saturated heterocycles. The molecule has 0 amide bonds. The van der Waals surface area contributed by atoms with Crippen LogP contribution in [0.1, 0.15) is 11.3 Å². The molecule has 6 nitrogen and oxygen atoms in total. The number of nitrogens with one attached hydrogen (secondary N) is 1. The van der Waals surface area contributed by atoms with E-state index in [0.29, 0.717) is 25.3 Å². The average Bonchev–Trinajstić information content (AvgIpc) is 2.74. The fraction of sp³-hybridized carbons (Fsp3) is 0.286. The zero-order chi connectivity index (χ0) is 22.1. The van der Waals surface area contributed by atoms with Crippen LogP contribution in [0.25, 0.3) is 10.9 Å². The molecule has 2 aromatic carbocycles. The standard InChI is InChI=1S/C21H20F3N3O3S/c22-21(23,24)16-5-8-18(9-6-16)31(28,29)26-19-3-1-2-15-4-7-17(25-20(15)19)14-27-10-12-30-13-11-27/h1-9,26H,10-14H2. The highest BCUT2D eigenvalue weighted by molar-refractivity contribution is 7.92. The van der Waals surface area contributed by atoms with Crippen LogP contribution >= 0.6 is 0 Å². The van der Waals surface area contributed by atoms with Crippen molar-refractivity contribution in [3.63, 3.8) is 0 Å². The molecule has 0 bridgehead atoms. The third-order valence-electron chi connectivity index (χ3n) is 5.00. The first-order chi connectivity index (χ1) is 14.7. The van der Waals surface area contributed by atoms with Crippen LogP contribution in [-0.2, 0) is 27.5 Å². The lowest BCUT2D eigenvalue weighted by atomic mass is 10.1. The lowest BCUT2D eigenvalue weighted by molar-refractivity contribution is -0.137. The topological polar surface area (TPSA) is 71.5 Å². The molecule has 164 valence electrons. The number of fused-ring (bicyclic) bond motifs is 1. The SMILES string of the molecule is O=S(=O)(Nc1cccc2ccc(CN3CCOCC3)nc12)c1ccc(C(F)(F)F)cc1. The van der Waals surface area contributed by atoms with Gasteiger partial charge < -0.3 is 4.74 Å². The van der Waals surface area contributed by atoms with Gasteiger partial charge in [-0.1, -0.05) is 18.2 Å². The predicted molar refractivity (Wildman–Crippen MR) is 110 cm³/mol. The van der Waals surface area contributed by atoms with Crippen molar-refractivity contribution in [2.45, 2.75) is 17.6 Å². The van der Waals surface area contributed by atoms with Gasteiger partial charge in [-0.2, -0.15) is 13.2 Å². The predicted octanol–water partition coefficient (Wildman–Crippen LogP) is 3.89. The number of rotatable bonds is 5. The fourth-order valence-electron chi connectivity index (χ4n) is 3.37. The number of anilines is 1. The van der Waals surface area contributed by atoms with Gasteiger partial charge in [-0.25, -0.2) is 13.4 Å². The number of morpholine rings is 1. The van der Waals surface area contributed by atoms with Gasteiger partial charge in [-0.05, 0) is 36.4 Å². The Hall–Kier alpha value is -2.69. The van der Waals surface area contributed by atoms with Crippen molar-refractivity contribution in [1.29, 1.82) is 0 Å². The molecule has 0 spiro atoms. The van der Waals surface area contributed by atoms with Gasteiger partial charge in [0.15, 0.2) is 0 Å². The summed E-state index contributed by atoms with van der Waals surface area (Å²) < 4.78 is 71.6. The summed E-state index contributed by atoms with van der Waals surface area (Å²) in [7, 11) is -4.09. The lowest BCUT2D eigenvalue weighted by Gasteiger charge is -2.26. The highest BCUT2D eigenvalue weighted by Crippen LogP contribution is 2.30. The van der Waals surface area contributed by atoms with Crippen LogP contribution in [-0.4, -0.2) is 44.6 Å². The van der Waals surface area contributed by atoms with Crippen molar-refractivity contribution in [3.05, 3.63) is 65.9 Å². The Morgan fingerprint density at radius 2 is 1.71 bits per heavy atom. The lowest BCUT2D eigenvalue weighted by Crippen LogP contribution is -2.35. The Morgan fingerprint density at radius 3 is 2.39 bits per heavy atom. The van der Waals surface area contributed by atoms with Crippen molar-refractivity contribution in [2.24, 2.45) is 0 Å². The summed E-state index contributed by atoms with van der Waals surface area (Å²) in [6.07, 6.45) is -4.54. The molecule has 0 unspecified atom stereocenters. The Balaban J connectivity index is 1.61. The second-order valence-corrected chi connectivity index (χ2v) is 8.88. The molecule has 31 heavy (non-hydrogen) atoms. The van der Waals surface area contributed by atoms with E-state index < -0.39 is 21.8 Å². The molecule has 10 heteroatoms. The summed E-state index contributed by atoms with van der Waals surface area (Å²) in [6.45, 7) is 3.51. The normalized spacial score (nSPS) is 15.8. The number of para-hydroxylation sites is 1. The van der Waals surface area contributed by atoms with Crippen molar-refractivity contribution in [3.8, 4) is 0 Å². The second kappa shape index (κ2) is 8.45. The molecule has 2 heterocycles. The molecule has 0 radical (unpaired) electrons. The summed E-state index contributed by atoms with van der Waals surface area (Å²) >= 11 is 0. The molecule has 0 aliphatic carbocycles. The summed E-state index contributed by atoms with van der Waals surface area (Å²) in [5.74, 6) is 0. The zero-order valence-electron chi connectivity index (χ0n) is 16.4. The van der Waals surface area contributed by atoms with Gasteiger partial charge in [0, 0.05) is 25.0 Å². The average molecular weight is 451 g/mol. The van der Waals surface area contributed by atoms with E-state index in [-0.39, 0.29) is 10.6 Å². The van der Waals surface area contributed by atoms with Crippen LogP contribution in [0, 0.1) is 0 Å². The maximum absolute atomic E-state index is 12.8. The molecule has 3 aromatic rings. The third kappa shape index (κ3) is 4.97. The van der Waals surface area contributed by atoms with E-state index >= 15 is 0 Å². The first-order valence-corrected chi connectivity index (χ1v) is 11.1. The Bertz CT molecular complexity index is 1180. The summed E-state index contributed by atoms with van der Waals surface area (Å²) in [5.41, 5.74) is 0.617. The van der Waals surface area contributed by atoms with Gasteiger partial charge in [-0.3, -0.25) is 9.62 Å². The minimum atomic E-state index is -4.54. The Labute approximate surface area is 177 Å². The van der Waals surface area contributed by atoms with E-state index in [9.17, 15) is 21.6 Å². The van der Waals surface area contributed by atoms with Crippen molar-refractivity contribution < 1.29 is 26.3 Å². The smallest absolute Gasteiger partial charge is 0.379 e. The van der Waals surface area contributed by atoms with E-state index in [4.69, 9.17) is 4.74 Å². The largest absolute Gasteiger partial charge is 0.416 e. The van der Waals surface area contributed by atoms with Crippen LogP contribution in [0.2, 0.25) is 0 Å². The number of sulfonamides is 1. The molecule has 1 aliphatic rings. The first-order valence-electron chi connectivity index (χ1n) is 9.61. The van der Waals surface area contributed by atoms with Crippen LogP contribution in [0.3, 0.4) is 0 Å². The minimum Gasteiger partial charge on any atom is -0.379 e. The van der Waals surface area contributed by atoms with Gasteiger partial charge in [0.2, 0.25) is 0 Å². The van der Waals surface area contributed by atoms with Gasteiger partial charge in [0.1, 0.15) is 0 Å². The molecule has 1 aromatic heterocycles. The first kappa shape index (κ1) is 21.5. The van der Waals surface area contributed by atoms with Gasteiger partial charge in [0.05, 0.1) is 40.6 Å². The fourth-order valence-corrected chi connectivity index (χ4v) is 4.44. The maximum atomic E-state index is 12.8. The number of hydrogen-bond donors (Lipinski definition) is 1. The highest BCUT2D eigenvalue weighted by Gasteiger charge is 2.30. The molecular formula is C21H20F3N3O3S. The second-order valence-electron chi connectivity index (χ2n) is 7.20. The minimum absolute atomic E-state index is 0.262. The Kier molecular flexibility index (Phi) is 5.87. The van der Waals surface area contributed by atoms with E-state index in [0.717, 1.165) is 48.4 Å². The van der Waals surface area contributed by atoms with Gasteiger partial charge >= 0.3 is 6.18 Å². The number of nitrogens with zero attached hydrogens (tertiary/aromatic N) is 2. The van der Waals surface area contributed by atoms with E-state index in [1.54, 1.807) is 12.1 Å². The molecule has 1 fully saturated rings. The van der Waals surface area contributed by atoms with E-state index in [1.165, 1.54) is 0 Å². The van der Waals surface area contributed by atoms with Gasteiger partial charge in [0.25, 0.3) is 10.0 Å². The van der Waals surface area contributed by atoms with Gasteiger partial charge in [-0.15, -0.1) is 0 Å². The summed E-state index contributed by atoms with van der Waals surface area (Å²) in [5, 5.41) is 0.748. The molecule has 4 rings (SSSR count). The summed E-state index contributed by atoms with van der Waals surface area (Å²) in [4.78, 5) is 6.57. The van der Waals surface area contributed by atoms with Crippen molar-refractivity contribution in [2.75, 3.05) is 31.0 Å². The number of hydrogen-bond acceptors (Lipinski definition) is 5. The van der Waals surface area contributed by atoms with Crippen LogP contribution in [0.15, 0.2) is 59.5 Å². The van der Waals surface area contributed by atoms with Crippen molar-refractivity contribution in [1.82, 2.24) is 9.88 Å². The third-order valence-corrected chi connectivity index (χ3v) is 6.38. The quantitative estimate of drug-likeness (QED) is 0.638. The number of ether oxygens (including phenoxy) is 1. The molecule has 0 atom stereocenters. The van der Waals surface area contributed by atoms with E-state index in [1.807, 2.05) is 18.2 Å². The molecule has 0 saturated carbocycles. The van der Waals surface area contributed by atoms with Crippen LogP contribution < -0.4 is 4.72 Å². The Morgan fingerprint density at radius 1 is 1.00 bits per heavy atom. The number of aromatic nitrogens is 1. The summed E-state index contributed by atoms with van der Waals surface area (Å²) in [6, 6.07) is 12.2. The molecule has 1 aliphatic heterocycles. The molecular weight excluding hydrogens is 431 g/mol. The van der Waals surface area contributed by atoms with E-state index in [2.05, 4.69) is 14.6 Å².